The Morgan fingerprint density at radius 3 is 2.50 bits per heavy atom. The molecule has 2 N–H and O–H groups in total. The maximum absolute atomic E-state index is 10.8. The molecule has 0 aromatic carbocycles. The van der Waals surface area contributed by atoms with E-state index < -0.39 is 0 Å². The van der Waals surface area contributed by atoms with Gasteiger partial charge >= 0.3 is 5.97 Å². The summed E-state index contributed by atoms with van der Waals surface area (Å²) in [6, 6.07) is 0. The van der Waals surface area contributed by atoms with E-state index in [1.54, 1.807) is 6.92 Å². The number of hydrogen-bond acceptors (Lipinski definition) is 6. The smallest absolute Gasteiger partial charge is 0.332 e. The molecule has 6 nitrogen and oxygen atoms in total. The second kappa shape index (κ2) is 12.4. The molecule has 0 amide bonds. The van der Waals surface area contributed by atoms with E-state index in [0.29, 0.717) is 39.5 Å². The molecular formula is C10H21NO5. The van der Waals surface area contributed by atoms with Crippen molar-refractivity contribution in [3.05, 3.63) is 0 Å². The zero-order chi connectivity index (χ0) is 12.1. The van der Waals surface area contributed by atoms with Gasteiger partial charge in [-0.25, -0.2) is 4.79 Å². The van der Waals surface area contributed by atoms with Crippen LogP contribution in [0, 0.1) is 0 Å². The van der Waals surface area contributed by atoms with Crippen LogP contribution in [0.1, 0.15) is 6.92 Å². The number of aliphatic hydroxyl groups excluding tert-OH is 1. The molecule has 0 aromatic heterocycles. The third kappa shape index (κ3) is 11.4. The van der Waals surface area contributed by atoms with Gasteiger partial charge < -0.3 is 24.6 Å². The Hall–Kier alpha value is -0.690. The molecule has 0 aromatic rings. The minimum absolute atomic E-state index is 0.00344. The predicted molar refractivity (Wildman–Crippen MR) is 58.2 cm³/mol. The number of esters is 1. The van der Waals surface area contributed by atoms with Crippen LogP contribution in [0.15, 0.2) is 0 Å². The van der Waals surface area contributed by atoms with Gasteiger partial charge in [-0.2, -0.15) is 0 Å². The van der Waals surface area contributed by atoms with Gasteiger partial charge in [-0.1, -0.05) is 0 Å². The van der Waals surface area contributed by atoms with Crippen molar-refractivity contribution in [1.29, 1.82) is 0 Å². The highest BCUT2D eigenvalue weighted by Crippen LogP contribution is 1.80. The van der Waals surface area contributed by atoms with Crippen LogP contribution >= 0.6 is 0 Å². The van der Waals surface area contributed by atoms with E-state index in [2.05, 4.69) is 10.1 Å². The molecule has 0 spiro atoms. The van der Waals surface area contributed by atoms with Crippen LogP contribution in [0.5, 0.6) is 0 Å². The van der Waals surface area contributed by atoms with Crippen LogP contribution in [0.4, 0.5) is 0 Å². The van der Waals surface area contributed by atoms with Crippen LogP contribution in [0.25, 0.3) is 0 Å². The number of rotatable bonds is 11. The zero-order valence-electron chi connectivity index (χ0n) is 9.74. The molecule has 0 rings (SSSR count). The lowest BCUT2D eigenvalue weighted by atomic mass is 10.6. The van der Waals surface area contributed by atoms with Crippen LogP contribution in [-0.2, 0) is 19.0 Å². The lowest BCUT2D eigenvalue weighted by Gasteiger charge is -2.06. The van der Waals surface area contributed by atoms with E-state index in [1.165, 1.54) is 0 Å². The Balaban J connectivity index is 3.01. The summed E-state index contributed by atoms with van der Waals surface area (Å²) in [7, 11) is 0. The minimum atomic E-state index is -0.339. The predicted octanol–water partition coefficient (Wildman–Crippen LogP) is -0.835. The van der Waals surface area contributed by atoms with Gasteiger partial charge in [0.2, 0.25) is 0 Å². The van der Waals surface area contributed by atoms with Crippen molar-refractivity contribution in [2.45, 2.75) is 6.92 Å². The third-order valence-electron chi connectivity index (χ3n) is 1.61. The van der Waals surface area contributed by atoms with Gasteiger partial charge in [0, 0.05) is 13.1 Å². The Morgan fingerprint density at radius 1 is 1.19 bits per heavy atom. The van der Waals surface area contributed by atoms with Gasteiger partial charge in [0.1, 0.15) is 6.61 Å². The first-order valence-electron chi connectivity index (χ1n) is 5.44. The molecule has 0 heterocycles. The Bertz CT molecular complexity index is 165. The second-order valence-corrected chi connectivity index (χ2v) is 2.94. The average molecular weight is 235 g/mol. The molecule has 96 valence electrons. The molecule has 0 radical (unpaired) electrons. The SMILES string of the molecule is CCOC(=O)COCCNCCOCCO. The largest absolute Gasteiger partial charge is 0.464 e. The normalized spacial score (nSPS) is 10.4. The monoisotopic (exact) mass is 235 g/mol. The maximum Gasteiger partial charge on any atom is 0.332 e. The lowest BCUT2D eigenvalue weighted by molar-refractivity contribution is -0.148. The molecule has 0 aliphatic carbocycles. The molecule has 0 atom stereocenters. The quantitative estimate of drug-likeness (QED) is 0.359. The molecule has 0 unspecified atom stereocenters. The molecule has 16 heavy (non-hydrogen) atoms. The summed E-state index contributed by atoms with van der Waals surface area (Å²) in [4.78, 5) is 10.8. The fourth-order valence-electron chi connectivity index (χ4n) is 0.938. The van der Waals surface area contributed by atoms with Crippen molar-refractivity contribution in [3.8, 4) is 0 Å². The van der Waals surface area contributed by atoms with Crippen molar-refractivity contribution in [2.24, 2.45) is 0 Å². The summed E-state index contributed by atoms with van der Waals surface area (Å²) in [6.07, 6.45) is 0. The Kier molecular flexibility index (Phi) is 11.8. The van der Waals surface area contributed by atoms with Crippen molar-refractivity contribution in [3.63, 3.8) is 0 Å². The highest BCUT2D eigenvalue weighted by atomic mass is 16.6. The summed E-state index contributed by atoms with van der Waals surface area (Å²) in [6.45, 7) is 4.90. The zero-order valence-corrected chi connectivity index (χ0v) is 9.74. The summed E-state index contributed by atoms with van der Waals surface area (Å²) < 4.78 is 14.8. The number of aliphatic hydroxyl groups is 1. The first-order valence-corrected chi connectivity index (χ1v) is 5.44. The highest BCUT2D eigenvalue weighted by molar-refractivity contribution is 5.70. The first-order chi connectivity index (χ1) is 7.81. The number of carbonyl (C=O) groups is 1. The topological polar surface area (TPSA) is 77.0 Å². The second-order valence-electron chi connectivity index (χ2n) is 2.94. The van der Waals surface area contributed by atoms with Crippen LogP contribution in [0.2, 0.25) is 0 Å². The highest BCUT2D eigenvalue weighted by Gasteiger charge is 1.99. The third-order valence-corrected chi connectivity index (χ3v) is 1.61. The van der Waals surface area contributed by atoms with Crippen molar-refractivity contribution < 1.29 is 24.1 Å². The van der Waals surface area contributed by atoms with E-state index in [0.717, 1.165) is 0 Å². The minimum Gasteiger partial charge on any atom is -0.464 e. The summed E-state index contributed by atoms with van der Waals surface area (Å²) in [5.41, 5.74) is 0. The summed E-state index contributed by atoms with van der Waals surface area (Å²) in [5.74, 6) is -0.339. The van der Waals surface area contributed by atoms with E-state index in [1.807, 2.05) is 0 Å². The maximum atomic E-state index is 10.8. The molecule has 0 bridgehead atoms. The van der Waals surface area contributed by atoms with Gasteiger partial charge in [-0.3, -0.25) is 0 Å². The van der Waals surface area contributed by atoms with Crippen molar-refractivity contribution in [1.82, 2.24) is 5.32 Å². The number of carbonyl (C=O) groups excluding carboxylic acids is 1. The lowest BCUT2D eigenvalue weighted by Crippen LogP contribution is -2.25. The molecule has 0 aliphatic rings. The standard InChI is InChI=1S/C10H21NO5/c1-2-16-10(13)9-15-7-4-11-3-6-14-8-5-12/h11-12H,2-9H2,1H3. The molecule has 6 heteroatoms. The van der Waals surface area contributed by atoms with E-state index in [9.17, 15) is 4.79 Å². The van der Waals surface area contributed by atoms with E-state index >= 15 is 0 Å². The van der Waals surface area contributed by atoms with Gasteiger partial charge in [0.05, 0.1) is 33.0 Å². The number of hydrogen-bond donors (Lipinski definition) is 2. The van der Waals surface area contributed by atoms with E-state index in [-0.39, 0.29) is 19.2 Å². The summed E-state index contributed by atoms with van der Waals surface area (Å²) in [5, 5.41) is 11.5. The van der Waals surface area contributed by atoms with Crippen LogP contribution in [0.3, 0.4) is 0 Å². The van der Waals surface area contributed by atoms with Gasteiger partial charge in [0.15, 0.2) is 0 Å². The van der Waals surface area contributed by atoms with Crippen molar-refractivity contribution >= 4 is 5.97 Å². The van der Waals surface area contributed by atoms with Gasteiger partial charge in [-0.05, 0) is 6.92 Å². The van der Waals surface area contributed by atoms with Crippen molar-refractivity contribution in [2.75, 3.05) is 52.7 Å². The molecule has 0 saturated carbocycles. The average Bonchev–Trinajstić information content (AvgIpc) is 2.27. The number of ether oxygens (including phenoxy) is 3. The summed E-state index contributed by atoms with van der Waals surface area (Å²) >= 11 is 0. The van der Waals surface area contributed by atoms with Crippen LogP contribution in [-0.4, -0.2) is 63.8 Å². The Labute approximate surface area is 95.9 Å². The number of nitrogens with one attached hydrogen (secondary N) is 1. The molecule has 0 aliphatic heterocycles. The Morgan fingerprint density at radius 2 is 1.88 bits per heavy atom. The fourth-order valence-corrected chi connectivity index (χ4v) is 0.938. The van der Waals surface area contributed by atoms with Gasteiger partial charge in [-0.15, -0.1) is 0 Å². The molecule has 0 saturated heterocycles. The fraction of sp³-hybridized carbons (Fsp3) is 0.900. The first kappa shape index (κ1) is 15.3. The molecular weight excluding hydrogens is 214 g/mol. The van der Waals surface area contributed by atoms with Gasteiger partial charge in [0.25, 0.3) is 0 Å². The van der Waals surface area contributed by atoms with Crippen LogP contribution < -0.4 is 5.32 Å². The molecule has 0 fully saturated rings. The van der Waals surface area contributed by atoms with E-state index in [4.69, 9.17) is 14.6 Å².